The lowest BCUT2D eigenvalue weighted by Gasteiger charge is -2.20. The van der Waals surface area contributed by atoms with Crippen LogP contribution >= 0.6 is 0 Å². The van der Waals surface area contributed by atoms with E-state index in [4.69, 9.17) is 0 Å². The summed E-state index contributed by atoms with van der Waals surface area (Å²) in [4.78, 5) is 27.7. The van der Waals surface area contributed by atoms with Crippen molar-refractivity contribution in [1.29, 1.82) is 0 Å². The van der Waals surface area contributed by atoms with E-state index >= 15 is 0 Å². The first-order valence-electron chi connectivity index (χ1n) is 6.49. The molecule has 0 aromatic carbocycles. The second-order valence-corrected chi connectivity index (χ2v) is 5.87. The number of rotatable bonds is 4. The Bertz CT molecular complexity index is 526. The maximum Gasteiger partial charge on any atom is 0.293 e. The van der Waals surface area contributed by atoms with Crippen LogP contribution in [0.25, 0.3) is 0 Å². The van der Waals surface area contributed by atoms with Crippen molar-refractivity contribution in [2.75, 3.05) is 11.9 Å². The molecule has 0 bridgehead atoms. The van der Waals surface area contributed by atoms with Crippen LogP contribution in [0.15, 0.2) is 17.2 Å². The van der Waals surface area contributed by atoms with E-state index in [0.29, 0.717) is 6.04 Å². The third-order valence-corrected chi connectivity index (χ3v) is 2.74. The Labute approximate surface area is 112 Å². The average Bonchev–Trinajstić information content (AvgIpc) is 3.09. The summed E-state index contributed by atoms with van der Waals surface area (Å²) in [6.45, 7) is 5.78. The highest BCUT2D eigenvalue weighted by Crippen LogP contribution is 2.33. The molecule has 1 aromatic heterocycles. The number of carbonyl (C=O) groups is 1. The van der Waals surface area contributed by atoms with Gasteiger partial charge in [0.1, 0.15) is 0 Å². The minimum atomic E-state index is -0.281. The molecule has 0 atom stereocenters. The zero-order valence-electron chi connectivity index (χ0n) is 11.6. The molecule has 2 N–H and O–H groups in total. The number of hydrogen-bond donors (Lipinski definition) is 2. The quantitative estimate of drug-likeness (QED) is 0.847. The fraction of sp³-hybridized carbons (Fsp3) is 0.615. The largest absolute Gasteiger partial charge is 0.356 e. The summed E-state index contributed by atoms with van der Waals surface area (Å²) in [5, 5.41) is 5.62. The highest BCUT2D eigenvalue weighted by atomic mass is 16.2. The summed E-state index contributed by atoms with van der Waals surface area (Å²) in [7, 11) is 0. The van der Waals surface area contributed by atoms with Gasteiger partial charge in [-0.3, -0.25) is 9.59 Å². The molecular formula is C13H20N4O2. The van der Waals surface area contributed by atoms with Crippen molar-refractivity contribution >= 4 is 11.7 Å². The summed E-state index contributed by atoms with van der Waals surface area (Å²) in [6, 6.07) is 0.305. The van der Waals surface area contributed by atoms with E-state index in [0.717, 1.165) is 12.8 Å². The van der Waals surface area contributed by atoms with Gasteiger partial charge in [-0.25, -0.2) is 4.98 Å². The van der Waals surface area contributed by atoms with E-state index < -0.39 is 0 Å². The fourth-order valence-corrected chi connectivity index (χ4v) is 1.81. The molecule has 0 spiro atoms. The zero-order chi connectivity index (χ0) is 14.0. The Balaban J connectivity index is 1.98. The van der Waals surface area contributed by atoms with Crippen LogP contribution in [0.3, 0.4) is 0 Å². The minimum absolute atomic E-state index is 0.0498. The van der Waals surface area contributed by atoms with E-state index in [-0.39, 0.29) is 29.4 Å². The molecule has 1 heterocycles. The molecule has 6 nitrogen and oxygen atoms in total. The van der Waals surface area contributed by atoms with Crippen LogP contribution in [-0.2, 0) is 4.79 Å². The lowest BCUT2D eigenvalue weighted by Crippen LogP contribution is -2.43. The Kier molecular flexibility index (Phi) is 3.59. The molecule has 19 heavy (non-hydrogen) atoms. The van der Waals surface area contributed by atoms with Crippen LogP contribution in [0.1, 0.15) is 39.7 Å². The van der Waals surface area contributed by atoms with Gasteiger partial charge in [-0.05, 0) is 33.6 Å². The maximum atomic E-state index is 12.1. The van der Waals surface area contributed by atoms with Gasteiger partial charge in [-0.1, -0.05) is 0 Å². The van der Waals surface area contributed by atoms with E-state index in [1.54, 1.807) is 17.0 Å². The maximum absolute atomic E-state index is 12.1. The smallest absolute Gasteiger partial charge is 0.293 e. The van der Waals surface area contributed by atoms with Crippen LogP contribution in [0, 0.1) is 0 Å². The Morgan fingerprint density at radius 2 is 2.16 bits per heavy atom. The molecule has 1 fully saturated rings. The van der Waals surface area contributed by atoms with Crippen LogP contribution in [0.4, 0.5) is 5.82 Å². The molecule has 0 radical (unpaired) electrons. The summed E-state index contributed by atoms with van der Waals surface area (Å²) in [5.41, 5.74) is -0.439. The third kappa shape index (κ3) is 3.81. The topological polar surface area (TPSA) is 76.0 Å². The normalized spacial score (nSPS) is 15.1. The molecule has 104 valence electrons. The third-order valence-electron chi connectivity index (χ3n) is 2.74. The van der Waals surface area contributed by atoms with Gasteiger partial charge in [0.05, 0.1) is 6.54 Å². The van der Waals surface area contributed by atoms with Crippen molar-refractivity contribution in [1.82, 2.24) is 14.9 Å². The first-order chi connectivity index (χ1) is 8.87. The number of aromatic nitrogens is 2. The second-order valence-electron chi connectivity index (χ2n) is 5.87. The first kappa shape index (κ1) is 13.6. The van der Waals surface area contributed by atoms with Crippen LogP contribution in [-0.4, -0.2) is 27.5 Å². The molecule has 1 aromatic rings. The lowest BCUT2D eigenvalue weighted by molar-refractivity contribution is -0.120. The molecule has 0 aliphatic heterocycles. The molecule has 0 saturated heterocycles. The molecular weight excluding hydrogens is 244 g/mol. The Morgan fingerprint density at radius 3 is 2.74 bits per heavy atom. The van der Waals surface area contributed by atoms with E-state index in [2.05, 4.69) is 15.6 Å². The predicted molar refractivity (Wildman–Crippen MR) is 73.2 cm³/mol. The molecule has 1 aliphatic rings. The van der Waals surface area contributed by atoms with Gasteiger partial charge in [-0.2, -0.15) is 0 Å². The van der Waals surface area contributed by atoms with Gasteiger partial charge in [0.15, 0.2) is 5.82 Å². The van der Waals surface area contributed by atoms with Crippen molar-refractivity contribution in [2.24, 2.45) is 0 Å². The summed E-state index contributed by atoms with van der Waals surface area (Å²) >= 11 is 0. The highest BCUT2D eigenvalue weighted by molar-refractivity contribution is 5.80. The van der Waals surface area contributed by atoms with E-state index in [9.17, 15) is 9.59 Å². The Hall–Kier alpha value is -1.85. The van der Waals surface area contributed by atoms with Crippen LogP contribution < -0.4 is 16.2 Å². The van der Waals surface area contributed by atoms with Gasteiger partial charge in [0.25, 0.3) is 5.56 Å². The van der Waals surface area contributed by atoms with E-state index in [1.165, 1.54) is 0 Å². The van der Waals surface area contributed by atoms with Crippen molar-refractivity contribution in [3.63, 3.8) is 0 Å². The van der Waals surface area contributed by atoms with Crippen molar-refractivity contribution in [3.8, 4) is 0 Å². The summed E-state index contributed by atoms with van der Waals surface area (Å²) in [5.74, 6) is 0.0778. The summed E-state index contributed by atoms with van der Waals surface area (Å²) in [6.07, 6.45) is 5.35. The second kappa shape index (κ2) is 5.03. The van der Waals surface area contributed by atoms with Crippen LogP contribution in [0.2, 0.25) is 0 Å². The molecule has 1 aliphatic carbocycles. The fourth-order valence-electron chi connectivity index (χ4n) is 1.81. The Morgan fingerprint density at radius 1 is 1.47 bits per heavy atom. The number of hydrogen-bond acceptors (Lipinski definition) is 4. The average molecular weight is 264 g/mol. The molecule has 1 amide bonds. The summed E-state index contributed by atoms with van der Waals surface area (Å²) < 4.78 is 1.68. The lowest BCUT2D eigenvalue weighted by atomic mass is 10.1. The van der Waals surface area contributed by atoms with Crippen LogP contribution in [0.5, 0.6) is 0 Å². The van der Waals surface area contributed by atoms with Gasteiger partial charge in [0.2, 0.25) is 5.91 Å². The monoisotopic (exact) mass is 264 g/mol. The molecule has 0 unspecified atom stereocenters. The highest BCUT2D eigenvalue weighted by Gasteiger charge is 2.25. The van der Waals surface area contributed by atoms with Gasteiger partial charge in [0, 0.05) is 24.0 Å². The van der Waals surface area contributed by atoms with Gasteiger partial charge < -0.3 is 15.2 Å². The number of amides is 1. The number of anilines is 1. The first-order valence-corrected chi connectivity index (χ1v) is 6.49. The molecule has 1 saturated carbocycles. The standard InChI is InChI=1S/C13H20N4O2/c1-13(2,3)16-10(18)8-15-11-12(19)17(7-6-14-11)9-4-5-9/h6-7,9H,4-5,8H2,1-3H3,(H,14,15)(H,16,18). The van der Waals surface area contributed by atoms with Crippen molar-refractivity contribution < 1.29 is 4.79 Å². The number of nitrogens with zero attached hydrogens (tertiary/aromatic N) is 2. The molecule has 6 heteroatoms. The SMILES string of the molecule is CC(C)(C)NC(=O)CNc1nccn(C2CC2)c1=O. The zero-order valence-corrected chi connectivity index (χ0v) is 11.6. The molecule has 2 rings (SSSR count). The predicted octanol–water partition coefficient (Wildman–Crippen LogP) is 0.905. The van der Waals surface area contributed by atoms with Gasteiger partial charge in [-0.15, -0.1) is 0 Å². The van der Waals surface area contributed by atoms with Crippen molar-refractivity contribution in [3.05, 3.63) is 22.7 Å². The minimum Gasteiger partial charge on any atom is -0.356 e. The van der Waals surface area contributed by atoms with Crippen molar-refractivity contribution in [2.45, 2.75) is 45.2 Å². The van der Waals surface area contributed by atoms with E-state index in [1.807, 2.05) is 20.8 Å². The number of nitrogens with one attached hydrogen (secondary N) is 2. The van der Waals surface area contributed by atoms with Gasteiger partial charge >= 0.3 is 0 Å². The number of carbonyl (C=O) groups excluding carboxylic acids is 1.